The predicted octanol–water partition coefficient (Wildman–Crippen LogP) is 5.57. The lowest BCUT2D eigenvalue weighted by Crippen LogP contribution is -2.45. The molecule has 31 heavy (non-hydrogen) atoms. The van der Waals surface area contributed by atoms with Gasteiger partial charge in [-0.05, 0) is 41.2 Å². The summed E-state index contributed by atoms with van der Waals surface area (Å²) in [4.78, 5) is 14.5. The number of halogens is 1. The summed E-state index contributed by atoms with van der Waals surface area (Å²) < 4.78 is 5.76. The number of aliphatic hydroxyl groups is 1. The Morgan fingerprint density at radius 1 is 0.935 bits per heavy atom. The van der Waals surface area contributed by atoms with Crippen LogP contribution < -0.4 is 0 Å². The van der Waals surface area contributed by atoms with Gasteiger partial charge < -0.3 is 14.7 Å². The number of likely N-dealkylation sites (tertiary alicyclic amines) is 1. The van der Waals surface area contributed by atoms with Gasteiger partial charge in [-0.3, -0.25) is 0 Å². The number of amides is 1. The van der Waals surface area contributed by atoms with E-state index >= 15 is 0 Å². The summed E-state index contributed by atoms with van der Waals surface area (Å²) in [7, 11) is 0. The lowest BCUT2D eigenvalue weighted by Gasteiger charge is -2.38. The Balaban J connectivity index is 1.25. The van der Waals surface area contributed by atoms with E-state index in [1.165, 1.54) is 22.3 Å². The van der Waals surface area contributed by atoms with Crippen molar-refractivity contribution in [3.8, 4) is 11.1 Å². The Labute approximate surface area is 187 Å². The molecule has 1 aliphatic heterocycles. The molecule has 0 bridgehead atoms. The molecule has 0 radical (unpaired) electrons. The van der Waals surface area contributed by atoms with Gasteiger partial charge in [0.15, 0.2) is 0 Å². The molecule has 1 amide bonds. The molecule has 3 aromatic carbocycles. The number of rotatable bonds is 3. The molecule has 0 saturated carbocycles. The number of hydrogen-bond acceptors (Lipinski definition) is 3. The highest BCUT2D eigenvalue weighted by Gasteiger charge is 2.37. The van der Waals surface area contributed by atoms with Crippen molar-refractivity contribution in [2.45, 2.75) is 24.4 Å². The van der Waals surface area contributed by atoms with Crippen LogP contribution in [0.25, 0.3) is 11.1 Å². The van der Waals surface area contributed by atoms with Gasteiger partial charge >= 0.3 is 6.09 Å². The van der Waals surface area contributed by atoms with Crippen LogP contribution >= 0.6 is 11.6 Å². The summed E-state index contributed by atoms with van der Waals surface area (Å²) in [5.41, 5.74) is 4.53. The molecule has 158 valence electrons. The molecule has 2 aliphatic rings. The van der Waals surface area contributed by atoms with E-state index in [1.807, 2.05) is 42.5 Å². The van der Waals surface area contributed by atoms with Gasteiger partial charge in [-0.15, -0.1) is 0 Å². The van der Waals surface area contributed by atoms with E-state index in [4.69, 9.17) is 16.3 Å². The molecule has 1 aliphatic carbocycles. The number of carbonyl (C=O) groups is 1. The van der Waals surface area contributed by atoms with E-state index in [-0.39, 0.29) is 12.0 Å². The quantitative estimate of drug-likeness (QED) is 0.587. The molecule has 1 saturated heterocycles. The van der Waals surface area contributed by atoms with Gasteiger partial charge in [0.2, 0.25) is 0 Å². The number of piperidine rings is 1. The SMILES string of the molecule is O=C(OCC1c2ccccc2-c2ccccc21)N1CCC(O)(c2ccccc2Cl)CC1. The first-order valence-electron chi connectivity index (χ1n) is 10.6. The molecule has 1 heterocycles. The van der Waals surface area contributed by atoms with Gasteiger partial charge in [0.05, 0.1) is 5.60 Å². The summed E-state index contributed by atoms with van der Waals surface area (Å²) >= 11 is 6.29. The van der Waals surface area contributed by atoms with Crippen LogP contribution in [-0.4, -0.2) is 35.8 Å². The molecule has 1 N–H and O–H groups in total. The molecule has 5 heteroatoms. The van der Waals surface area contributed by atoms with Crippen molar-refractivity contribution in [1.29, 1.82) is 0 Å². The molecule has 4 nitrogen and oxygen atoms in total. The van der Waals surface area contributed by atoms with Crippen molar-refractivity contribution in [2.75, 3.05) is 19.7 Å². The van der Waals surface area contributed by atoms with Crippen molar-refractivity contribution in [1.82, 2.24) is 4.90 Å². The highest BCUT2D eigenvalue weighted by atomic mass is 35.5. The minimum atomic E-state index is -1.02. The second-order valence-electron chi connectivity index (χ2n) is 8.30. The normalized spacial score (nSPS) is 17.2. The highest BCUT2D eigenvalue weighted by Crippen LogP contribution is 2.44. The standard InChI is InChI=1S/C26H24ClNO3/c27-24-12-6-5-11-23(24)26(30)13-15-28(16-14-26)25(29)31-17-22-20-9-3-1-7-18(20)19-8-2-4-10-21(19)22/h1-12,22,30H,13-17H2. The van der Waals surface area contributed by atoms with E-state index in [1.54, 1.807) is 11.0 Å². The van der Waals surface area contributed by atoms with Gasteiger partial charge in [0.25, 0.3) is 0 Å². The number of fused-ring (bicyclic) bond motifs is 3. The van der Waals surface area contributed by atoms with Crippen LogP contribution in [-0.2, 0) is 10.3 Å². The molecule has 0 aromatic heterocycles. The van der Waals surface area contributed by atoms with Gasteiger partial charge in [0.1, 0.15) is 6.61 Å². The first-order chi connectivity index (χ1) is 15.1. The van der Waals surface area contributed by atoms with Crippen LogP contribution in [0.4, 0.5) is 4.79 Å². The van der Waals surface area contributed by atoms with E-state index < -0.39 is 5.60 Å². The second-order valence-corrected chi connectivity index (χ2v) is 8.71. The summed E-state index contributed by atoms with van der Waals surface area (Å²) in [5, 5.41) is 11.6. The monoisotopic (exact) mass is 433 g/mol. The third-order valence-corrected chi connectivity index (χ3v) is 6.89. The minimum Gasteiger partial charge on any atom is -0.448 e. The van der Waals surface area contributed by atoms with Crippen LogP contribution in [0.1, 0.15) is 35.4 Å². The largest absolute Gasteiger partial charge is 0.448 e. The summed E-state index contributed by atoms with van der Waals surface area (Å²) in [6.45, 7) is 1.16. The fourth-order valence-corrected chi connectivity index (χ4v) is 5.16. The maximum Gasteiger partial charge on any atom is 0.409 e. The van der Waals surface area contributed by atoms with Crippen molar-refractivity contribution >= 4 is 17.7 Å². The van der Waals surface area contributed by atoms with Crippen LogP contribution in [0, 0.1) is 0 Å². The van der Waals surface area contributed by atoms with Crippen molar-refractivity contribution in [3.05, 3.63) is 94.5 Å². The van der Waals surface area contributed by atoms with E-state index in [0.717, 1.165) is 5.56 Å². The van der Waals surface area contributed by atoms with Gasteiger partial charge in [-0.25, -0.2) is 4.79 Å². The summed E-state index contributed by atoms with van der Waals surface area (Å²) in [6, 6.07) is 24.0. The highest BCUT2D eigenvalue weighted by molar-refractivity contribution is 6.31. The third kappa shape index (κ3) is 3.60. The zero-order valence-electron chi connectivity index (χ0n) is 17.1. The third-order valence-electron chi connectivity index (χ3n) is 6.56. The average Bonchev–Trinajstić information content (AvgIpc) is 3.12. The lowest BCUT2D eigenvalue weighted by molar-refractivity contribution is -0.0249. The van der Waals surface area contributed by atoms with Crippen molar-refractivity contribution < 1.29 is 14.6 Å². The first-order valence-corrected chi connectivity index (χ1v) is 11.0. The van der Waals surface area contributed by atoms with Crippen molar-refractivity contribution in [3.63, 3.8) is 0 Å². The average molecular weight is 434 g/mol. The Morgan fingerprint density at radius 2 is 1.48 bits per heavy atom. The van der Waals surface area contributed by atoms with Crippen LogP contribution in [0.5, 0.6) is 0 Å². The van der Waals surface area contributed by atoms with Gasteiger partial charge in [-0.1, -0.05) is 78.3 Å². The van der Waals surface area contributed by atoms with E-state index in [9.17, 15) is 9.90 Å². The van der Waals surface area contributed by atoms with E-state index in [2.05, 4.69) is 24.3 Å². The molecule has 0 unspecified atom stereocenters. The maximum atomic E-state index is 12.8. The maximum absolute atomic E-state index is 12.8. The fraction of sp³-hybridized carbons (Fsp3) is 0.269. The molecule has 0 atom stereocenters. The van der Waals surface area contributed by atoms with Crippen LogP contribution in [0.2, 0.25) is 5.02 Å². The molecular formula is C26H24ClNO3. The van der Waals surface area contributed by atoms with Crippen LogP contribution in [0.3, 0.4) is 0 Å². The Hall–Kier alpha value is -2.82. The molecular weight excluding hydrogens is 410 g/mol. The fourth-order valence-electron chi connectivity index (χ4n) is 4.85. The Morgan fingerprint density at radius 3 is 2.10 bits per heavy atom. The topological polar surface area (TPSA) is 49.8 Å². The number of benzene rings is 3. The second kappa shape index (κ2) is 8.03. The zero-order valence-corrected chi connectivity index (χ0v) is 17.9. The number of carbonyl (C=O) groups excluding carboxylic acids is 1. The minimum absolute atomic E-state index is 0.0428. The van der Waals surface area contributed by atoms with Gasteiger partial charge in [0, 0.05) is 29.6 Å². The molecule has 5 rings (SSSR count). The summed E-state index contributed by atoms with van der Waals surface area (Å²) in [5.74, 6) is 0.0428. The predicted molar refractivity (Wildman–Crippen MR) is 121 cm³/mol. The molecule has 1 fully saturated rings. The van der Waals surface area contributed by atoms with Crippen LogP contribution in [0.15, 0.2) is 72.8 Å². The smallest absolute Gasteiger partial charge is 0.409 e. The number of hydrogen-bond donors (Lipinski definition) is 1. The van der Waals surface area contributed by atoms with Gasteiger partial charge in [-0.2, -0.15) is 0 Å². The molecule has 0 spiro atoms. The Bertz CT molecular complexity index is 1080. The number of ether oxygens (including phenoxy) is 1. The lowest BCUT2D eigenvalue weighted by atomic mass is 9.84. The first kappa shape index (κ1) is 20.1. The Kier molecular flexibility index (Phi) is 5.20. The zero-order chi connectivity index (χ0) is 21.4. The summed E-state index contributed by atoms with van der Waals surface area (Å²) in [6.07, 6.45) is 0.532. The van der Waals surface area contributed by atoms with Crippen molar-refractivity contribution in [2.24, 2.45) is 0 Å². The van der Waals surface area contributed by atoms with E-state index in [0.29, 0.717) is 37.6 Å². The number of nitrogens with zero attached hydrogens (tertiary/aromatic N) is 1. The molecule has 3 aromatic rings.